The van der Waals surface area contributed by atoms with Gasteiger partial charge in [0.2, 0.25) is 0 Å². The molecule has 2 rings (SSSR count). The molecule has 2 unspecified atom stereocenters. The van der Waals surface area contributed by atoms with Crippen molar-refractivity contribution < 1.29 is 19.4 Å². The first kappa shape index (κ1) is 12.0. The lowest BCUT2D eigenvalue weighted by atomic mass is 10.0. The molecule has 0 saturated carbocycles. The van der Waals surface area contributed by atoms with Crippen molar-refractivity contribution in [3.63, 3.8) is 0 Å². The number of rotatable bonds is 4. The van der Waals surface area contributed by atoms with Crippen LogP contribution in [0.1, 0.15) is 29.7 Å². The molecule has 0 spiro atoms. The second-order valence-electron chi connectivity index (χ2n) is 4.01. The third-order valence-electron chi connectivity index (χ3n) is 2.75. The Kier molecular flexibility index (Phi) is 3.73. The maximum absolute atomic E-state index is 10.5. The zero-order valence-corrected chi connectivity index (χ0v) is 9.33. The summed E-state index contributed by atoms with van der Waals surface area (Å²) in [5.74, 6) is -0.894. The molecule has 1 fully saturated rings. The van der Waals surface area contributed by atoms with Crippen LogP contribution in [0.15, 0.2) is 24.3 Å². The summed E-state index contributed by atoms with van der Waals surface area (Å²) in [7, 11) is 0. The molecular formula is C12H15NO4. The van der Waals surface area contributed by atoms with Gasteiger partial charge in [-0.15, -0.1) is 0 Å². The molecule has 5 heteroatoms. The third kappa shape index (κ3) is 3.03. The fourth-order valence-corrected chi connectivity index (χ4v) is 1.79. The number of hydrogen-bond acceptors (Lipinski definition) is 4. The minimum absolute atomic E-state index is 0.0280. The zero-order valence-electron chi connectivity index (χ0n) is 9.33. The van der Waals surface area contributed by atoms with E-state index >= 15 is 0 Å². The second-order valence-corrected chi connectivity index (χ2v) is 4.01. The van der Waals surface area contributed by atoms with Crippen LogP contribution in [0.5, 0.6) is 0 Å². The van der Waals surface area contributed by atoms with Gasteiger partial charge in [-0.1, -0.05) is 24.3 Å². The van der Waals surface area contributed by atoms with Crippen molar-refractivity contribution in [2.24, 2.45) is 5.73 Å². The molecule has 1 heterocycles. The average Bonchev–Trinajstić information content (AvgIpc) is 2.82. The summed E-state index contributed by atoms with van der Waals surface area (Å²) in [6.45, 7) is 0.880. The minimum Gasteiger partial charge on any atom is -0.481 e. The summed E-state index contributed by atoms with van der Waals surface area (Å²) in [4.78, 5) is 10.5. The SMILES string of the molecule is NC(CC(=O)O)c1ccc(C2COCO2)cc1. The summed E-state index contributed by atoms with van der Waals surface area (Å²) in [5, 5.41) is 8.66. The van der Waals surface area contributed by atoms with E-state index in [9.17, 15) is 4.79 Å². The van der Waals surface area contributed by atoms with Crippen LogP contribution in [0.2, 0.25) is 0 Å². The number of carboxylic acids is 1. The molecule has 0 radical (unpaired) electrons. The third-order valence-corrected chi connectivity index (χ3v) is 2.75. The summed E-state index contributed by atoms with van der Waals surface area (Å²) in [6, 6.07) is 7.00. The summed E-state index contributed by atoms with van der Waals surface area (Å²) in [6.07, 6.45) is -0.0951. The Labute approximate surface area is 99.1 Å². The smallest absolute Gasteiger partial charge is 0.305 e. The predicted molar refractivity (Wildman–Crippen MR) is 60.3 cm³/mol. The number of ether oxygens (including phenoxy) is 2. The molecule has 1 aliphatic heterocycles. The molecule has 1 saturated heterocycles. The van der Waals surface area contributed by atoms with Gasteiger partial charge < -0.3 is 20.3 Å². The molecule has 0 bridgehead atoms. The Hall–Kier alpha value is -1.43. The van der Waals surface area contributed by atoms with Crippen LogP contribution in [-0.4, -0.2) is 24.5 Å². The average molecular weight is 237 g/mol. The highest BCUT2D eigenvalue weighted by Crippen LogP contribution is 2.24. The molecule has 1 aromatic carbocycles. The van der Waals surface area contributed by atoms with Crippen molar-refractivity contribution in [2.75, 3.05) is 13.4 Å². The standard InChI is InChI=1S/C12H15NO4/c13-10(5-12(14)15)8-1-3-9(4-2-8)11-6-16-7-17-11/h1-4,10-11H,5-7,13H2,(H,14,15). The van der Waals surface area contributed by atoms with Gasteiger partial charge in [0, 0.05) is 6.04 Å². The molecule has 1 aliphatic rings. The Morgan fingerprint density at radius 3 is 2.71 bits per heavy atom. The molecule has 3 N–H and O–H groups in total. The van der Waals surface area contributed by atoms with Crippen LogP contribution in [0.4, 0.5) is 0 Å². The first-order valence-electron chi connectivity index (χ1n) is 5.43. The molecule has 1 aromatic rings. The first-order chi connectivity index (χ1) is 8.16. The monoisotopic (exact) mass is 237 g/mol. The number of nitrogens with two attached hydrogens (primary N) is 1. The zero-order chi connectivity index (χ0) is 12.3. The lowest BCUT2D eigenvalue weighted by Crippen LogP contribution is -2.15. The van der Waals surface area contributed by atoms with Crippen molar-refractivity contribution in [3.05, 3.63) is 35.4 Å². The van der Waals surface area contributed by atoms with E-state index in [1.165, 1.54) is 0 Å². The lowest BCUT2D eigenvalue weighted by Gasteiger charge is -2.12. The second kappa shape index (κ2) is 5.27. The van der Waals surface area contributed by atoms with Gasteiger partial charge in [-0.3, -0.25) is 4.79 Å². The number of carboxylic acid groups (broad SMARTS) is 1. The molecule has 0 amide bonds. The van der Waals surface area contributed by atoms with Gasteiger partial charge in [0.1, 0.15) is 12.9 Å². The van der Waals surface area contributed by atoms with Crippen LogP contribution < -0.4 is 5.73 Å². The first-order valence-corrected chi connectivity index (χ1v) is 5.43. The van der Waals surface area contributed by atoms with Gasteiger partial charge in [-0.25, -0.2) is 0 Å². The lowest BCUT2D eigenvalue weighted by molar-refractivity contribution is -0.137. The van der Waals surface area contributed by atoms with Gasteiger partial charge in [-0.05, 0) is 11.1 Å². The number of carbonyl (C=O) groups is 1. The minimum atomic E-state index is -0.894. The van der Waals surface area contributed by atoms with E-state index in [0.29, 0.717) is 13.4 Å². The van der Waals surface area contributed by atoms with Gasteiger partial charge in [0.05, 0.1) is 13.0 Å². The van der Waals surface area contributed by atoms with Crippen LogP contribution >= 0.6 is 0 Å². The Morgan fingerprint density at radius 1 is 1.47 bits per heavy atom. The van der Waals surface area contributed by atoms with E-state index in [-0.39, 0.29) is 12.5 Å². The van der Waals surface area contributed by atoms with Gasteiger partial charge in [0.15, 0.2) is 0 Å². The van der Waals surface area contributed by atoms with E-state index in [1.807, 2.05) is 24.3 Å². The highest BCUT2D eigenvalue weighted by Gasteiger charge is 2.18. The van der Waals surface area contributed by atoms with Crippen molar-refractivity contribution in [1.29, 1.82) is 0 Å². The number of aliphatic carboxylic acids is 1. The molecule has 2 atom stereocenters. The fourth-order valence-electron chi connectivity index (χ4n) is 1.79. The molecule has 0 aromatic heterocycles. The van der Waals surface area contributed by atoms with Crippen LogP contribution in [-0.2, 0) is 14.3 Å². The molecule has 92 valence electrons. The topological polar surface area (TPSA) is 81.8 Å². The highest BCUT2D eigenvalue weighted by molar-refractivity contribution is 5.67. The summed E-state index contributed by atoms with van der Waals surface area (Å²) < 4.78 is 10.5. The Bertz CT molecular complexity index is 384. The van der Waals surface area contributed by atoms with Crippen LogP contribution in [0.25, 0.3) is 0 Å². The fraction of sp³-hybridized carbons (Fsp3) is 0.417. The number of hydrogen-bond donors (Lipinski definition) is 2. The Balaban J connectivity index is 2.04. The van der Waals surface area contributed by atoms with Crippen molar-refractivity contribution in [2.45, 2.75) is 18.6 Å². The largest absolute Gasteiger partial charge is 0.481 e. The predicted octanol–water partition coefficient (Wildman–Crippen LogP) is 1.21. The quantitative estimate of drug-likeness (QED) is 0.822. The number of benzene rings is 1. The van der Waals surface area contributed by atoms with E-state index < -0.39 is 12.0 Å². The van der Waals surface area contributed by atoms with Gasteiger partial charge in [0.25, 0.3) is 0 Å². The van der Waals surface area contributed by atoms with E-state index in [4.69, 9.17) is 20.3 Å². The van der Waals surface area contributed by atoms with Crippen molar-refractivity contribution in [1.82, 2.24) is 0 Å². The van der Waals surface area contributed by atoms with Crippen molar-refractivity contribution in [3.8, 4) is 0 Å². The molecule has 17 heavy (non-hydrogen) atoms. The van der Waals surface area contributed by atoms with Gasteiger partial charge >= 0.3 is 5.97 Å². The van der Waals surface area contributed by atoms with Crippen LogP contribution in [0.3, 0.4) is 0 Å². The van der Waals surface area contributed by atoms with Gasteiger partial charge in [-0.2, -0.15) is 0 Å². The Morgan fingerprint density at radius 2 is 2.18 bits per heavy atom. The van der Waals surface area contributed by atoms with E-state index in [1.54, 1.807) is 0 Å². The maximum Gasteiger partial charge on any atom is 0.305 e. The molecule has 5 nitrogen and oxygen atoms in total. The summed E-state index contributed by atoms with van der Waals surface area (Å²) in [5.41, 5.74) is 7.60. The van der Waals surface area contributed by atoms with Crippen LogP contribution in [0, 0.1) is 0 Å². The maximum atomic E-state index is 10.5. The van der Waals surface area contributed by atoms with Crippen molar-refractivity contribution >= 4 is 5.97 Å². The normalized spacial score (nSPS) is 21.4. The molecular weight excluding hydrogens is 222 g/mol. The summed E-state index contributed by atoms with van der Waals surface area (Å²) >= 11 is 0. The highest BCUT2D eigenvalue weighted by atomic mass is 16.7. The molecule has 0 aliphatic carbocycles. The van der Waals surface area contributed by atoms with E-state index in [0.717, 1.165) is 11.1 Å². The van der Waals surface area contributed by atoms with E-state index in [2.05, 4.69) is 0 Å².